The Morgan fingerprint density at radius 2 is 1.80 bits per heavy atom. The Morgan fingerprint density at radius 1 is 1.20 bits per heavy atom. The lowest BCUT2D eigenvalue weighted by atomic mass is 9.88. The van der Waals surface area contributed by atoms with Gasteiger partial charge in [0.15, 0.2) is 9.84 Å². The maximum Gasteiger partial charge on any atom is 0.254 e. The number of piperidine rings is 1. The van der Waals surface area contributed by atoms with Gasteiger partial charge in [0, 0.05) is 40.0 Å². The lowest BCUT2D eigenvalue weighted by Crippen LogP contribution is -2.49. The first-order valence-corrected chi connectivity index (χ1v) is 10.2. The van der Waals surface area contributed by atoms with E-state index in [0.717, 1.165) is 25.2 Å². The van der Waals surface area contributed by atoms with Crippen molar-refractivity contribution in [1.29, 1.82) is 0 Å². The summed E-state index contributed by atoms with van der Waals surface area (Å²) in [4.78, 5) is 21.4. The molecular weight excluding hydrogens is 340 g/mol. The molecule has 2 heterocycles. The Morgan fingerprint density at radius 3 is 2.28 bits per heavy atom. The van der Waals surface area contributed by atoms with E-state index in [0.29, 0.717) is 23.7 Å². The summed E-state index contributed by atoms with van der Waals surface area (Å²) in [6.07, 6.45) is 2.59. The van der Waals surface area contributed by atoms with Crippen molar-refractivity contribution >= 4 is 21.7 Å². The number of amides is 1. The highest BCUT2D eigenvalue weighted by Crippen LogP contribution is 2.30. The number of benzene rings is 1. The third kappa shape index (κ3) is 3.69. The van der Waals surface area contributed by atoms with Crippen LogP contribution in [0.5, 0.6) is 0 Å². The van der Waals surface area contributed by atoms with Crippen LogP contribution >= 0.6 is 0 Å². The van der Waals surface area contributed by atoms with E-state index in [9.17, 15) is 13.2 Å². The number of carbonyl (C=O) groups is 1. The Labute approximate surface area is 148 Å². The first kappa shape index (κ1) is 17.9. The predicted octanol–water partition coefficient (Wildman–Crippen LogP) is 0.472. The molecule has 1 fully saturated rings. The van der Waals surface area contributed by atoms with Gasteiger partial charge in [0.2, 0.25) is 5.96 Å². The first-order chi connectivity index (χ1) is 11.7. The molecule has 0 radical (unpaired) electrons. The SMILES string of the molecule is CN(C)C1=NC2(CCN(Cc3ccc(S(C)(=O)=O)cc3)CC2)C(=O)N1. The van der Waals surface area contributed by atoms with E-state index < -0.39 is 15.4 Å². The number of hydrogen-bond acceptors (Lipinski definition) is 6. The monoisotopic (exact) mass is 364 g/mol. The van der Waals surface area contributed by atoms with Gasteiger partial charge in [-0.05, 0) is 30.5 Å². The normalized spacial score (nSPS) is 20.4. The van der Waals surface area contributed by atoms with Gasteiger partial charge >= 0.3 is 0 Å². The van der Waals surface area contributed by atoms with Gasteiger partial charge < -0.3 is 4.90 Å². The second-order valence-electron chi connectivity index (χ2n) is 7.01. The van der Waals surface area contributed by atoms with Gasteiger partial charge in [-0.2, -0.15) is 0 Å². The van der Waals surface area contributed by atoms with Gasteiger partial charge in [0.05, 0.1) is 4.90 Å². The molecule has 0 unspecified atom stereocenters. The van der Waals surface area contributed by atoms with Gasteiger partial charge in [-0.25, -0.2) is 13.4 Å². The highest BCUT2D eigenvalue weighted by atomic mass is 32.2. The number of nitrogens with one attached hydrogen (secondary N) is 1. The molecule has 7 nitrogen and oxygen atoms in total. The van der Waals surface area contributed by atoms with Gasteiger partial charge in [-0.15, -0.1) is 0 Å². The van der Waals surface area contributed by atoms with Crippen molar-refractivity contribution in [2.45, 2.75) is 29.8 Å². The van der Waals surface area contributed by atoms with Gasteiger partial charge in [-0.3, -0.25) is 15.0 Å². The molecule has 1 aromatic carbocycles. The van der Waals surface area contributed by atoms with E-state index in [-0.39, 0.29) is 5.91 Å². The van der Waals surface area contributed by atoms with Crippen molar-refractivity contribution in [1.82, 2.24) is 15.1 Å². The lowest BCUT2D eigenvalue weighted by molar-refractivity contribution is -0.125. The van der Waals surface area contributed by atoms with E-state index in [1.165, 1.54) is 6.26 Å². The van der Waals surface area contributed by atoms with Gasteiger partial charge in [-0.1, -0.05) is 12.1 Å². The Bertz CT molecular complexity index is 792. The molecule has 8 heteroatoms. The first-order valence-electron chi connectivity index (χ1n) is 8.30. The zero-order valence-corrected chi connectivity index (χ0v) is 15.6. The van der Waals surface area contributed by atoms with Crippen molar-refractivity contribution in [2.24, 2.45) is 4.99 Å². The molecule has 1 amide bonds. The van der Waals surface area contributed by atoms with Crippen LogP contribution in [0.2, 0.25) is 0 Å². The van der Waals surface area contributed by atoms with Crippen molar-refractivity contribution < 1.29 is 13.2 Å². The van der Waals surface area contributed by atoms with Crippen LogP contribution in [0.4, 0.5) is 0 Å². The second kappa shape index (κ2) is 6.42. The molecule has 0 atom stereocenters. The Hall–Kier alpha value is -1.93. The smallest absolute Gasteiger partial charge is 0.254 e. The molecule has 0 aliphatic carbocycles. The standard InChI is InChI=1S/C17H24N4O3S/c1-20(2)16-18-15(22)17(19-16)8-10-21(11-9-17)12-13-4-6-14(7-5-13)25(3,23)24/h4-7H,8-12H2,1-3H3,(H,18,19,22). The number of rotatable bonds is 3. The number of likely N-dealkylation sites (tertiary alicyclic amines) is 1. The molecular formula is C17H24N4O3S. The van der Waals surface area contributed by atoms with Crippen LogP contribution < -0.4 is 5.32 Å². The van der Waals surface area contributed by atoms with Gasteiger partial charge in [0.25, 0.3) is 5.91 Å². The summed E-state index contributed by atoms with van der Waals surface area (Å²) in [7, 11) is 0.574. The van der Waals surface area contributed by atoms with Crippen LogP contribution in [0.1, 0.15) is 18.4 Å². The van der Waals surface area contributed by atoms with Crippen LogP contribution in [0.25, 0.3) is 0 Å². The second-order valence-corrected chi connectivity index (χ2v) is 9.02. The molecule has 3 rings (SSSR count). The quantitative estimate of drug-likeness (QED) is 0.843. The number of sulfone groups is 1. The van der Waals surface area contributed by atoms with Crippen LogP contribution in [0.3, 0.4) is 0 Å². The topological polar surface area (TPSA) is 82.1 Å². The van der Waals surface area contributed by atoms with Crippen LogP contribution in [0, 0.1) is 0 Å². The van der Waals surface area contributed by atoms with E-state index in [4.69, 9.17) is 0 Å². The number of carbonyl (C=O) groups excluding carboxylic acids is 1. The van der Waals surface area contributed by atoms with Gasteiger partial charge in [0.1, 0.15) is 5.54 Å². The number of guanidine groups is 1. The summed E-state index contributed by atoms with van der Waals surface area (Å²) < 4.78 is 23.0. The van der Waals surface area contributed by atoms with E-state index in [1.54, 1.807) is 12.1 Å². The van der Waals surface area contributed by atoms with Crippen molar-refractivity contribution in [2.75, 3.05) is 33.4 Å². The lowest BCUT2D eigenvalue weighted by Gasteiger charge is -2.35. The fourth-order valence-electron chi connectivity index (χ4n) is 3.23. The van der Waals surface area contributed by atoms with Crippen LogP contribution in [-0.4, -0.2) is 69.1 Å². The fourth-order valence-corrected chi connectivity index (χ4v) is 3.86. The minimum atomic E-state index is -3.16. The van der Waals surface area contributed by atoms with Crippen LogP contribution in [0.15, 0.2) is 34.2 Å². The van der Waals surface area contributed by atoms with Crippen LogP contribution in [-0.2, 0) is 21.2 Å². The average molecular weight is 364 g/mol. The Kier molecular flexibility index (Phi) is 4.59. The molecule has 2 aliphatic heterocycles. The maximum absolute atomic E-state index is 12.3. The van der Waals surface area contributed by atoms with E-state index in [2.05, 4.69) is 15.2 Å². The molecule has 25 heavy (non-hydrogen) atoms. The molecule has 2 aliphatic rings. The molecule has 1 aromatic rings. The maximum atomic E-state index is 12.3. The van der Waals surface area contributed by atoms with E-state index in [1.807, 2.05) is 31.1 Å². The zero-order valence-electron chi connectivity index (χ0n) is 14.8. The summed E-state index contributed by atoms with van der Waals surface area (Å²) in [6, 6.07) is 7.00. The molecule has 136 valence electrons. The third-order valence-electron chi connectivity index (χ3n) is 4.83. The summed E-state index contributed by atoms with van der Waals surface area (Å²) in [5.74, 6) is 0.628. The van der Waals surface area contributed by atoms with Crippen molar-refractivity contribution in [3.8, 4) is 0 Å². The minimum absolute atomic E-state index is 0.00615. The zero-order chi connectivity index (χ0) is 18.2. The summed E-state index contributed by atoms with van der Waals surface area (Å²) in [6.45, 7) is 2.31. The number of nitrogens with zero attached hydrogens (tertiary/aromatic N) is 3. The van der Waals surface area contributed by atoms with E-state index >= 15 is 0 Å². The largest absolute Gasteiger partial charge is 0.349 e. The highest BCUT2D eigenvalue weighted by Gasteiger charge is 2.46. The summed E-state index contributed by atoms with van der Waals surface area (Å²) >= 11 is 0. The molecule has 0 saturated carbocycles. The molecule has 0 bridgehead atoms. The van der Waals surface area contributed by atoms with Crippen molar-refractivity contribution in [3.63, 3.8) is 0 Å². The molecule has 0 aromatic heterocycles. The summed E-state index contributed by atoms with van der Waals surface area (Å²) in [5.41, 5.74) is 0.438. The third-order valence-corrected chi connectivity index (χ3v) is 5.96. The average Bonchev–Trinajstić information content (AvgIpc) is 2.87. The number of hydrogen-bond donors (Lipinski definition) is 1. The number of aliphatic imine (C=N–C) groups is 1. The molecule has 1 N–H and O–H groups in total. The minimum Gasteiger partial charge on any atom is -0.349 e. The highest BCUT2D eigenvalue weighted by molar-refractivity contribution is 7.90. The predicted molar refractivity (Wildman–Crippen MR) is 96.1 cm³/mol. The molecule has 1 spiro atoms. The fraction of sp³-hybridized carbons (Fsp3) is 0.529. The van der Waals surface area contributed by atoms with Crippen molar-refractivity contribution in [3.05, 3.63) is 29.8 Å². The summed E-state index contributed by atoms with van der Waals surface area (Å²) in [5, 5.41) is 2.86. The molecule has 1 saturated heterocycles. The Balaban J connectivity index is 1.63.